The highest BCUT2D eigenvalue weighted by Gasteiger charge is 2.10. The first kappa shape index (κ1) is 23.7. The van der Waals surface area contributed by atoms with Gasteiger partial charge in [0.15, 0.2) is 11.6 Å². The Labute approximate surface area is 212 Å². The summed E-state index contributed by atoms with van der Waals surface area (Å²) in [5, 5.41) is 3.94. The molecule has 5 rings (SSSR count). The van der Waals surface area contributed by atoms with Crippen molar-refractivity contribution in [1.82, 2.24) is 14.1 Å². The van der Waals surface area contributed by atoms with Gasteiger partial charge in [-0.25, -0.2) is 9.37 Å². The number of anilines is 1. The van der Waals surface area contributed by atoms with Gasteiger partial charge in [-0.1, -0.05) is 30.3 Å². The molecule has 0 aliphatic carbocycles. The predicted octanol–water partition coefficient (Wildman–Crippen LogP) is 5.59. The van der Waals surface area contributed by atoms with E-state index in [1.54, 1.807) is 12.5 Å². The molecule has 0 aliphatic heterocycles. The molecule has 0 fully saturated rings. The van der Waals surface area contributed by atoms with Crippen molar-refractivity contribution in [2.24, 2.45) is 0 Å². The van der Waals surface area contributed by atoms with Crippen molar-refractivity contribution in [3.8, 4) is 11.4 Å². The van der Waals surface area contributed by atoms with Crippen molar-refractivity contribution in [3.63, 3.8) is 0 Å². The Morgan fingerprint density at radius 2 is 1.89 bits per heavy atom. The molecule has 0 radical (unpaired) electrons. The van der Waals surface area contributed by atoms with Crippen LogP contribution in [0.25, 0.3) is 22.7 Å². The molecule has 0 unspecified atom stereocenters. The second-order valence-corrected chi connectivity index (χ2v) is 8.43. The molecule has 0 saturated carbocycles. The van der Waals surface area contributed by atoms with E-state index in [1.165, 1.54) is 37.3 Å². The van der Waals surface area contributed by atoms with Gasteiger partial charge in [0.25, 0.3) is 0 Å². The van der Waals surface area contributed by atoms with Crippen molar-refractivity contribution in [2.75, 3.05) is 5.32 Å². The van der Waals surface area contributed by atoms with Crippen LogP contribution in [0.5, 0.6) is 5.75 Å². The number of hydrogen-bond acceptors (Lipinski definition) is 4. The summed E-state index contributed by atoms with van der Waals surface area (Å²) in [7, 11) is 0. The average Bonchev–Trinajstić information content (AvgIpc) is 3.56. The molecule has 0 bridgehead atoms. The standard InChI is InChI=1S/C29H23FN4O3/c1-20(35)37-27-17-21(7-11-25(27)30)8-12-28(36)32-26-4-2-3-23-13-15-33(29(23)26)18-22-5-9-24(10-6-22)34-16-14-31-19-34/h2-17,19H,18H2,1H3,(H,32,36). The number of esters is 1. The van der Waals surface area contributed by atoms with E-state index in [9.17, 15) is 14.0 Å². The summed E-state index contributed by atoms with van der Waals surface area (Å²) in [5.74, 6) is -1.80. The molecular weight excluding hydrogens is 471 g/mol. The second-order valence-electron chi connectivity index (χ2n) is 8.43. The minimum atomic E-state index is -0.652. The zero-order chi connectivity index (χ0) is 25.8. The smallest absolute Gasteiger partial charge is 0.308 e. The molecular formula is C29H23FN4O3. The normalized spacial score (nSPS) is 11.2. The Balaban J connectivity index is 1.33. The quantitative estimate of drug-likeness (QED) is 0.182. The zero-order valence-electron chi connectivity index (χ0n) is 20.0. The summed E-state index contributed by atoms with van der Waals surface area (Å²) in [6, 6.07) is 20.0. The maximum absolute atomic E-state index is 13.8. The molecule has 2 aromatic heterocycles. The van der Waals surface area contributed by atoms with Crippen LogP contribution in [0.15, 0.2) is 97.7 Å². The molecule has 37 heavy (non-hydrogen) atoms. The summed E-state index contributed by atoms with van der Waals surface area (Å²) >= 11 is 0. The summed E-state index contributed by atoms with van der Waals surface area (Å²) in [6.45, 7) is 1.83. The van der Waals surface area contributed by atoms with Crippen LogP contribution in [0.2, 0.25) is 0 Å². The third kappa shape index (κ3) is 5.48. The van der Waals surface area contributed by atoms with Crippen LogP contribution in [0.4, 0.5) is 10.1 Å². The van der Waals surface area contributed by atoms with E-state index in [2.05, 4.69) is 27.0 Å². The van der Waals surface area contributed by atoms with Crippen LogP contribution >= 0.6 is 0 Å². The highest BCUT2D eigenvalue weighted by molar-refractivity contribution is 6.06. The van der Waals surface area contributed by atoms with E-state index < -0.39 is 11.8 Å². The Kier molecular flexibility index (Phi) is 6.63. The van der Waals surface area contributed by atoms with Crippen LogP contribution in [-0.4, -0.2) is 26.0 Å². The SMILES string of the molecule is CC(=O)Oc1cc(C=CC(=O)Nc2cccc3ccn(Cc4ccc(-n5ccnc5)cc4)c23)ccc1F. The third-order valence-electron chi connectivity index (χ3n) is 5.77. The molecule has 7 nitrogen and oxygen atoms in total. The molecule has 2 heterocycles. The lowest BCUT2D eigenvalue weighted by Crippen LogP contribution is -2.10. The number of carbonyl (C=O) groups is 2. The maximum Gasteiger partial charge on any atom is 0.308 e. The third-order valence-corrected chi connectivity index (χ3v) is 5.77. The van der Waals surface area contributed by atoms with Gasteiger partial charge in [-0.2, -0.15) is 0 Å². The first-order valence-corrected chi connectivity index (χ1v) is 11.6. The number of amides is 1. The van der Waals surface area contributed by atoms with Gasteiger partial charge in [-0.15, -0.1) is 0 Å². The Hall–Kier alpha value is -4.98. The molecule has 184 valence electrons. The van der Waals surface area contributed by atoms with Gasteiger partial charge in [0.05, 0.1) is 17.5 Å². The number of imidazole rings is 1. The van der Waals surface area contributed by atoms with Crippen LogP contribution < -0.4 is 10.1 Å². The fourth-order valence-corrected chi connectivity index (χ4v) is 4.08. The number of nitrogens with one attached hydrogen (secondary N) is 1. The van der Waals surface area contributed by atoms with Crippen molar-refractivity contribution in [3.05, 3.63) is 115 Å². The summed E-state index contributed by atoms with van der Waals surface area (Å²) < 4.78 is 22.7. The largest absolute Gasteiger partial charge is 0.424 e. The molecule has 5 aromatic rings. The molecule has 0 spiro atoms. The summed E-state index contributed by atoms with van der Waals surface area (Å²) in [6.07, 6.45) is 10.3. The number of hydrogen-bond donors (Lipinski definition) is 1. The zero-order valence-corrected chi connectivity index (χ0v) is 20.0. The number of nitrogens with zero attached hydrogens (tertiary/aromatic N) is 3. The molecule has 0 aliphatic rings. The van der Waals surface area contributed by atoms with E-state index in [1.807, 2.05) is 53.4 Å². The van der Waals surface area contributed by atoms with Crippen molar-refractivity contribution >= 4 is 34.5 Å². The van der Waals surface area contributed by atoms with Crippen LogP contribution in [0.1, 0.15) is 18.1 Å². The van der Waals surface area contributed by atoms with Crippen LogP contribution in [0, 0.1) is 5.82 Å². The average molecular weight is 495 g/mol. The maximum atomic E-state index is 13.8. The first-order chi connectivity index (χ1) is 18.0. The summed E-state index contributed by atoms with van der Waals surface area (Å²) in [5.41, 5.74) is 4.24. The first-order valence-electron chi connectivity index (χ1n) is 11.6. The van der Waals surface area contributed by atoms with Gasteiger partial charge in [-0.3, -0.25) is 9.59 Å². The number of halogens is 1. The topological polar surface area (TPSA) is 78.2 Å². The van der Waals surface area contributed by atoms with E-state index >= 15 is 0 Å². The van der Waals surface area contributed by atoms with Gasteiger partial charge in [-0.05, 0) is 53.6 Å². The van der Waals surface area contributed by atoms with Crippen LogP contribution in [0.3, 0.4) is 0 Å². The number of ether oxygens (including phenoxy) is 1. The highest BCUT2D eigenvalue weighted by atomic mass is 19.1. The Morgan fingerprint density at radius 1 is 1.05 bits per heavy atom. The van der Waals surface area contributed by atoms with E-state index in [-0.39, 0.29) is 11.7 Å². The lowest BCUT2D eigenvalue weighted by Gasteiger charge is -2.11. The second kappa shape index (κ2) is 10.3. The van der Waals surface area contributed by atoms with Gasteiger partial charge < -0.3 is 19.2 Å². The number of rotatable bonds is 7. The van der Waals surface area contributed by atoms with E-state index in [4.69, 9.17) is 4.74 Å². The molecule has 3 aromatic carbocycles. The molecule has 0 atom stereocenters. The Bertz CT molecular complexity index is 1600. The van der Waals surface area contributed by atoms with Crippen molar-refractivity contribution in [1.29, 1.82) is 0 Å². The lowest BCUT2D eigenvalue weighted by atomic mass is 10.2. The lowest BCUT2D eigenvalue weighted by molar-refractivity contribution is -0.132. The number of carbonyl (C=O) groups excluding carboxylic acids is 2. The number of benzene rings is 3. The van der Waals surface area contributed by atoms with Crippen LogP contribution in [-0.2, 0) is 16.1 Å². The predicted molar refractivity (Wildman–Crippen MR) is 140 cm³/mol. The fraction of sp³-hybridized carbons (Fsp3) is 0.0690. The van der Waals surface area contributed by atoms with Gasteiger partial charge in [0, 0.05) is 49.2 Å². The van der Waals surface area contributed by atoms with Gasteiger partial charge >= 0.3 is 5.97 Å². The number of para-hydroxylation sites is 1. The molecule has 0 saturated heterocycles. The van der Waals surface area contributed by atoms with E-state index in [0.29, 0.717) is 17.8 Å². The van der Waals surface area contributed by atoms with Crippen molar-refractivity contribution < 1.29 is 18.7 Å². The minimum Gasteiger partial charge on any atom is -0.424 e. The highest BCUT2D eigenvalue weighted by Crippen LogP contribution is 2.26. The minimum absolute atomic E-state index is 0.185. The Morgan fingerprint density at radius 3 is 2.65 bits per heavy atom. The van der Waals surface area contributed by atoms with E-state index in [0.717, 1.165) is 22.2 Å². The summed E-state index contributed by atoms with van der Waals surface area (Å²) in [4.78, 5) is 28.0. The van der Waals surface area contributed by atoms with Crippen molar-refractivity contribution in [2.45, 2.75) is 13.5 Å². The molecule has 1 N–H and O–H groups in total. The fourth-order valence-electron chi connectivity index (χ4n) is 4.08. The molecule has 8 heteroatoms. The number of fused-ring (bicyclic) bond motifs is 1. The number of aromatic nitrogens is 3. The monoisotopic (exact) mass is 494 g/mol. The van der Waals surface area contributed by atoms with Gasteiger partial charge in [0.2, 0.25) is 5.91 Å². The van der Waals surface area contributed by atoms with Gasteiger partial charge in [0.1, 0.15) is 0 Å². The molecule has 1 amide bonds.